The van der Waals surface area contributed by atoms with Crippen LogP contribution in [-0.4, -0.2) is 47.4 Å². The average molecular weight is 294 g/mol. The van der Waals surface area contributed by atoms with Crippen molar-refractivity contribution in [1.29, 1.82) is 0 Å². The maximum absolute atomic E-state index is 12.1. The van der Waals surface area contributed by atoms with E-state index < -0.39 is 12.0 Å². The van der Waals surface area contributed by atoms with E-state index in [-0.39, 0.29) is 18.9 Å². The van der Waals surface area contributed by atoms with Crippen LogP contribution >= 0.6 is 0 Å². The molecule has 0 aliphatic heterocycles. The SMILES string of the molecule is C=C/C=C(\C=C)CN(CC(=O)O)CC(=O)C(N)CC(C)C. The summed E-state index contributed by atoms with van der Waals surface area (Å²) in [7, 11) is 0. The lowest BCUT2D eigenvalue weighted by molar-refractivity contribution is -0.138. The maximum atomic E-state index is 12.1. The van der Waals surface area contributed by atoms with Crippen molar-refractivity contribution in [2.24, 2.45) is 11.7 Å². The van der Waals surface area contributed by atoms with E-state index in [0.29, 0.717) is 18.9 Å². The molecule has 0 fully saturated rings. The molecular weight excluding hydrogens is 268 g/mol. The normalized spacial score (nSPS) is 13.3. The van der Waals surface area contributed by atoms with Crippen LogP contribution < -0.4 is 5.73 Å². The van der Waals surface area contributed by atoms with Crippen molar-refractivity contribution in [3.8, 4) is 0 Å². The van der Waals surface area contributed by atoms with E-state index in [4.69, 9.17) is 10.8 Å². The summed E-state index contributed by atoms with van der Waals surface area (Å²) in [6.07, 6.45) is 5.55. The molecule has 3 N–H and O–H groups in total. The molecule has 0 aliphatic rings. The molecule has 0 saturated heterocycles. The van der Waals surface area contributed by atoms with Gasteiger partial charge >= 0.3 is 5.97 Å². The smallest absolute Gasteiger partial charge is 0.317 e. The first kappa shape index (κ1) is 19.3. The van der Waals surface area contributed by atoms with Gasteiger partial charge in [-0.1, -0.05) is 45.2 Å². The van der Waals surface area contributed by atoms with Gasteiger partial charge in [-0.05, 0) is 17.9 Å². The van der Waals surface area contributed by atoms with Crippen molar-refractivity contribution in [3.05, 3.63) is 37.0 Å². The molecule has 0 aromatic heterocycles. The second-order valence-corrected chi connectivity index (χ2v) is 5.42. The van der Waals surface area contributed by atoms with Crippen LogP contribution in [0.1, 0.15) is 20.3 Å². The quantitative estimate of drug-likeness (QED) is 0.566. The monoisotopic (exact) mass is 294 g/mol. The molecule has 0 aromatic rings. The third-order valence-corrected chi connectivity index (χ3v) is 2.88. The summed E-state index contributed by atoms with van der Waals surface area (Å²) in [5, 5.41) is 8.95. The van der Waals surface area contributed by atoms with Crippen LogP contribution in [0.4, 0.5) is 0 Å². The van der Waals surface area contributed by atoms with Gasteiger partial charge in [-0.2, -0.15) is 0 Å². The average Bonchev–Trinajstić information content (AvgIpc) is 2.36. The Morgan fingerprint density at radius 2 is 1.86 bits per heavy atom. The van der Waals surface area contributed by atoms with Crippen LogP contribution in [0.2, 0.25) is 0 Å². The van der Waals surface area contributed by atoms with E-state index in [9.17, 15) is 9.59 Å². The Bertz CT molecular complexity index is 414. The van der Waals surface area contributed by atoms with Gasteiger partial charge in [0, 0.05) is 6.54 Å². The summed E-state index contributed by atoms with van der Waals surface area (Å²) in [6, 6.07) is -0.558. The number of carbonyl (C=O) groups is 2. The molecule has 5 nitrogen and oxygen atoms in total. The van der Waals surface area contributed by atoms with Crippen LogP contribution in [0.25, 0.3) is 0 Å². The number of Topliss-reactive ketones (excluding diaryl/α,β-unsaturated/α-hetero) is 1. The summed E-state index contributed by atoms with van der Waals surface area (Å²) in [5.74, 6) is -0.810. The highest BCUT2D eigenvalue weighted by Crippen LogP contribution is 2.06. The third-order valence-electron chi connectivity index (χ3n) is 2.88. The molecule has 1 unspecified atom stereocenters. The van der Waals surface area contributed by atoms with E-state index in [0.717, 1.165) is 5.57 Å². The van der Waals surface area contributed by atoms with Crippen molar-refractivity contribution in [2.75, 3.05) is 19.6 Å². The minimum absolute atomic E-state index is 0.0164. The highest BCUT2D eigenvalue weighted by molar-refractivity contribution is 5.86. The number of hydrogen-bond acceptors (Lipinski definition) is 4. The number of carboxylic acids is 1. The zero-order chi connectivity index (χ0) is 16.4. The number of nitrogens with two attached hydrogens (primary N) is 1. The van der Waals surface area contributed by atoms with E-state index in [2.05, 4.69) is 13.2 Å². The van der Waals surface area contributed by atoms with Crippen molar-refractivity contribution >= 4 is 11.8 Å². The van der Waals surface area contributed by atoms with Crippen LogP contribution in [0.3, 0.4) is 0 Å². The summed E-state index contributed by atoms with van der Waals surface area (Å²) in [4.78, 5) is 24.5. The molecule has 21 heavy (non-hydrogen) atoms. The van der Waals surface area contributed by atoms with Gasteiger partial charge in [0.05, 0.1) is 19.1 Å². The lowest BCUT2D eigenvalue weighted by Crippen LogP contribution is -2.43. The number of hydrogen-bond donors (Lipinski definition) is 2. The summed E-state index contributed by atoms with van der Waals surface area (Å²) >= 11 is 0. The molecule has 0 rings (SSSR count). The number of nitrogens with zero attached hydrogens (tertiary/aromatic N) is 1. The third kappa shape index (κ3) is 8.94. The van der Waals surface area contributed by atoms with Gasteiger partial charge in [0.1, 0.15) is 0 Å². The molecule has 0 bridgehead atoms. The first-order valence-electron chi connectivity index (χ1n) is 6.96. The zero-order valence-corrected chi connectivity index (χ0v) is 12.9. The highest BCUT2D eigenvalue weighted by atomic mass is 16.4. The molecule has 0 spiro atoms. The Morgan fingerprint density at radius 1 is 1.24 bits per heavy atom. The minimum atomic E-state index is -0.984. The fraction of sp³-hybridized carbons (Fsp3) is 0.500. The summed E-state index contributed by atoms with van der Waals surface area (Å²) in [6.45, 7) is 11.4. The lowest BCUT2D eigenvalue weighted by Gasteiger charge is -2.22. The largest absolute Gasteiger partial charge is 0.480 e. The van der Waals surface area contributed by atoms with Gasteiger partial charge in [-0.15, -0.1) is 0 Å². The fourth-order valence-electron chi connectivity index (χ4n) is 1.93. The molecule has 0 aliphatic carbocycles. The Morgan fingerprint density at radius 3 is 2.29 bits per heavy atom. The predicted molar refractivity (Wildman–Crippen MR) is 85.0 cm³/mol. The van der Waals surface area contributed by atoms with Crippen molar-refractivity contribution in [3.63, 3.8) is 0 Å². The Kier molecular flexibility index (Phi) is 9.25. The minimum Gasteiger partial charge on any atom is -0.480 e. The van der Waals surface area contributed by atoms with Gasteiger partial charge in [-0.3, -0.25) is 14.5 Å². The predicted octanol–water partition coefficient (Wildman–Crippen LogP) is 1.61. The molecule has 118 valence electrons. The van der Waals surface area contributed by atoms with Crippen molar-refractivity contribution in [2.45, 2.75) is 26.3 Å². The first-order chi connectivity index (χ1) is 9.79. The molecule has 0 amide bonds. The summed E-state index contributed by atoms with van der Waals surface area (Å²) in [5.41, 5.74) is 6.65. The Labute approximate surface area is 126 Å². The van der Waals surface area contributed by atoms with Gasteiger partial charge in [-0.25, -0.2) is 0 Å². The lowest BCUT2D eigenvalue weighted by atomic mass is 10.0. The zero-order valence-electron chi connectivity index (χ0n) is 12.9. The summed E-state index contributed by atoms with van der Waals surface area (Å²) < 4.78 is 0. The number of aliphatic carboxylic acids is 1. The van der Waals surface area contributed by atoms with Crippen LogP contribution in [0.15, 0.2) is 37.0 Å². The van der Waals surface area contributed by atoms with Crippen LogP contribution in [-0.2, 0) is 9.59 Å². The van der Waals surface area contributed by atoms with Gasteiger partial charge in [0.15, 0.2) is 5.78 Å². The second-order valence-electron chi connectivity index (χ2n) is 5.42. The number of carbonyl (C=O) groups excluding carboxylic acids is 1. The van der Waals surface area contributed by atoms with E-state index in [1.54, 1.807) is 23.1 Å². The molecule has 0 heterocycles. The number of rotatable bonds is 11. The van der Waals surface area contributed by atoms with Crippen LogP contribution in [0, 0.1) is 5.92 Å². The number of carboxylic acid groups (broad SMARTS) is 1. The highest BCUT2D eigenvalue weighted by Gasteiger charge is 2.20. The topological polar surface area (TPSA) is 83.6 Å². The Balaban J connectivity index is 4.79. The second kappa shape index (κ2) is 10.1. The first-order valence-corrected chi connectivity index (χ1v) is 6.96. The van der Waals surface area contributed by atoms with E-state index in [1.807, 2.05) is 13.8 Å². The van der Waals surface area contributed by atoms with Crippen LogP contribution in [0.5, 0.6) is 0 Å². The molecule has 1 atom stereocenters. The number of ketones is 1. The molecule has 0 radical (unpaired) electrons. The Hall–Kier alpha value is -1.72. The van der Waals surface area contributed by atoms with Crippen molar-refractivity contribution < 1.29 is 14.7 Å². The molecule has 0 aromatic carbocycles. The molecule has 0 saturated carbocycles. The van der Waals surface area contributed by atoms with Crippen molar-refractivity contribution in [1.82, 2.24) is 4.90 Å². The van der Waals surface area contributed by atoms with E-state index in [1.165, 1.54) is 0 Å². The number of allylic oxidation sites excluding steroid dienone is 2. The fourth-order valence-corrected chi connectivity index (χ4v) is 1.93. The van der Waals surface area contributed by atoms with Gasteiger partial charge in [0.25, 0.3) is 0 Å². The molecule has 5 heteroatoms. The molecular formula is C16H26N2O3. The van der Waals surface area contributed by atoms with E-state index >= 15 is 0 Å². The van der Waals surface area contributed by atoms with Gasteiger partial charge in [0.2, 0.25) is 0 Å². The standard InChI is InChI=1S/C16H26N2O3/c1-5-7-13(6-2)9-18(11-16(20)21)10-15(19)14(17)8-12(3)4/h5-7,12,14H,1-2,8-11,17H2,3-4H3,(H,20,21)/b13-7+. The van der Waals surface area contributed by atoms with Gasteiger partial charge < -0.3 is 10.8 Å². The maximum Gasteiger partial charge on any atom is 0.317 e.